The Balaban J connectivity index is 1.93. The van der Waals surface area contributed by atoms with Crippen molar-refractivity contribution in [1.82, 2.24) is 0 Å². The summed E-state index contributed by atoms with van der Waals surface area (Å²) in [5, 5.41) is 2.64. The summed E-state index contributed by atoms with van der Waals surface area (Å²) in [4.78, 5) is 12.9. The molecule has 0 atom stereocenters. The van der Waals surface area contributed by atoms with Crippen LogP contribution < -0.4 is 23.4 Å². The van der Waals surface area contributed by atoms with Gasteiger partial charge in [0, 0.05) is 18.8 Å². The van der Waals surface area contributed by atoms with Gasteiger partial charge in [-0.05, 0) is 42.5 Å². The van der Waals surface area contributed by atoms with Gasteiger partial charge in [-0.3, -0.25) is 13.4 Å². The molecule has 0 radical (unpaired) electrons. The number of anilines is 3. The molecule has 0 fully saturated rings. The lowest BCUT2D eigenvalue weighted by Crippen LogP contribution is -2.38. The lowest BCUT2D eigenvalue weighted by atomic mass is 10.2. The van der Waals surface area contributed by atoms with Crippen LogP contribution in [0.5, 0.6) is 11.5 Å². The summed E-state index contributed by atoms with van der Waals surface area (Å²) in [6, 6.07) is 18.6. The first-order valence-corrected chi connectivity index (χ1v) is 13.9. The molecule has 36 heavy (non-hydrogen) atoms. The fourth-order valence-electron chi connectivity index (χ4n) is 3.32. The van der Waals surface area contributed by atoms with Crippen LogP contribution in [0, 0.1) is 0 Å². The summed E-state index contributed by atoms with van der Waals surface area (Å²) in [7, 11) is -3.47. The van der Waals surface area contributed by atoms with E-state index in [1.165, 1.54) is 45.5 Å². The number of hydrogen-bond acceptors (Lipinski definition) is 7. The maximum atomic E-state index is 13.6. The SMILES string of the molecule is COc1ccc(S(=O)(=O)N(CC(=O)Nc2cccc(N(C)S(C)(=O)=O)c2)c2ccccc2)cc1OC. The van der Waals surface area contributed by atoms with Gasteiger partial charge < -0.3 is 14.8 Å². The van der Waals surface area contributed by atoms with Crippen molar-refractivity contribution < 1.29 is 31.1 Å². The number of sulfonamides is 2. The smallest absolute Gasteiger partial charge is 0.264 e. The van der Waals surface area contributed by atoms with Gasteiger partial charge in [0.2, 0.25) is 15.9 Å². The average molecular weight is 534 g/mol. The maximum Gasteiger partial charge on any atom is 0.264 e. The van der Waals surface area contributed by atoms with E-state index in [0.717, 1.165) is 14.9 Å². The predicted molar refractivity (Wildman–Crippen MR) is 139 cm³/mol. The van der Waals surface area contributed by atoms with Gasteiger partial charge in [0.25, 0.3) is 10.0 Å². The Labute approximate surface area is 211 Å². The topological polar surface area (TPSA) is 122 Å². The van der Waals surface area contributed by atoms with E-state index in [9.17, 15) is 21.6 Å². The number of carbonyl (C=O) groups is 1. The zero-order chi connectivity index (χ0) is 26.5. The molecule has 1 amide bonds. The van der Waals surface area contributed by atoms with E-state index in [0.29, 0.717) is 17.1 Å². The molecule has 10 nitrogen and oxygen atoms in total. The van der Waals surface area contributed by atoms with Crippen molar-refractivity contribution in [3.63, 3.8) is 0 Å². The van der Waals surface area contributed by atoms with E-state index in [-0.39, 0.29) is 16.3 Å². The van der Waals surface area contributed by atoms with E-state index in [1.54, 1.807) is 48.5 Å². The highest BCUT2D eigenvalue weighted by Gasteiger charge is 2.28. The third kappa shape index (κ3) is 6.07. The number of nitrogens with zero attached hydrogens (tertiary/aromatic N) is 2. The zero-order valence-electron chi connectivity index (χ0n) is 20.2. The van der Waals surface area contributed by atoms with Gasteiger partial charge in [-0.15, -0.1) is 0 Å². The van der Waals surface area contributed by atoms with Gasteiger partial charge in [-0.2, -0.15) is 0 Å². The number of nitrogens with one attached hydrogen (secondary N) is 1. The number of hydrogen-bond donors (Lipinski definition) is 1. The number of ether oxygens (including phenoxy) is 2. The molecule has 0 aliphatic heterocycles. The van der Waals surface area contributed by atoms with Crippen LogP contribution in [0.1, 0.15) is 0 Å². The molecule has 1 N–H and O–H groups in total. The van der Waals surface area contributed by atoms with E-state index in [2.05, 4.69) is 5.32 Å². The van der Waals surface area contributed by atoms with Crippen LogP contribution in [0.3, 0.4) is 0 Å². The minimum absolute atomic E-state index is 0.0893. The lowest BCUT2D eigenvalue weighted by Gasteiger charge is -2.24. The number of para-hydroxylation sites is 1. The molecular formula is C24H27N3O7S2. The Morgan fingerprint density at radius 1 is 0.833 bits per heavy atom. The monoisotopic (exact) mass is 533 g/mol. The molecule has 0 heterocycles. The van der Waals surface area contributed by atoms with Crippen LogP contribution in [0.4, 0.5) is 17.1 Å². The quantitative estimate of drug-likeness (QED) is 0.425. The van der Waals surface area contributed by atoms with Crippen molar-refractivity contribution in [2.75, 3.05) is 48.0 Å². The van der Waals surface area contributed by atoms with Crippen molar-refractivity contribution in [2.24, 2.45) is 0 Å². The maximum absolute atomic E-state index is 13.6. The van der Waals surface area contributed by atoms with Gasteiger partial charge in [-0.1, -0.05) is 24.3 Å². The molecule has 0 unspecified atom stereocenters. The molecule has 0 aromatic heterocycles. The minimum atomic E-state index is -4.19. The third-order valence-electron chi connectivity index (χ3n) is 5.27. The van der Waals surface area contributed by atoms with E-state index >= 15 is 0 Å². The molecule has 0 bridgehead atoms. The summed E-state index contributed by atoms with van der Waals surface area (Å²) in [5.74, 6) is -0.0377. The highest BCUT2D eigenvalue weighted by atomic mass is 32.2. The standard InChI is InChI=1S/C24H27N3O7S2/c1-26(35(4,29)30)20-12-8-9-18(15-20)25-24(28)17-27(19-10-6-5-7-11-19)36(31,32)21-13-14-22(33-2)23(16-21)34-3/h5-16H,17H2,1-4H3,(H,25,28). The molecule has 12 heteroatoms. The first-order valence-electron chi connectivity index (χ1n) is 10.6. The summed E-state index contributed by atoms with van der Waals surface area (Å²) in [5.41, 5.74) is 0.936. The average Bonchev–Trinajstić information content (AvgIpc) is 2.86. The van der Waals surface area contributed by atoms with E-state index in [1.807, 2.05) is 0 Å². The third-order valence-corrected chi connectivity index (χ3v) is 8.24. The second-order valence-corrected chi connectivity index (χ2v) is 11.6. The normalized spacial score (nSPS) is 11.4. The Morgan fingerprint density at radius 3 is 2.08 bits per heavy atom. The van der Waals surface area contributed by atoms with Crippen LogP contribution >= 0.6 is 0 Å². The van der Waals surface area contributed by atoms with Crippen LogP contribution in [0.15, 0.2) is 77.7 Å². The molecule has 0 aliphatic rings. The fourth-order valence-corrected chi connectivity index (χ4v) is 5.25. The van der Waals surface area contributed by atoms with E-state index in [4.69, 9.17) is 9.47 Å². The Hall–Kier alpha value is -3.77. The van der Waals surface area contributed by atoms with Gasteiger partial charge in [-0.25, -0.2) is 16.8 Å². The summed E-state index contributed by atoms with van der Waals surface area (Å²) in [6.07, 6.45) is 1.06. The molecule has 0 saturated heterocycles. The van der Waals surface area contributed by atoms with Crippen molar-refractivity contribution >= 4 is 43.0 Å². The van der Waals surface area contributed by atoms with Crippen LogP contribution in [0.25, 0.3) is 0 Å². The molecule has 3 aromatic carbocycles. The first-order chi connectivity index (χ1) is 17.0. The van der Waals surface area contributed by atoms with Crippen molar-refractivity contribution in [1.29, 1.82) is 0 Å². The molecular weight excluding hydrogens is 506 g/mol. The van der Waals surface area contributed by atoms with Crippen molar-refractivity contribution in [3.8, 4) is 11.5 Å². The molecule has 192 valence electrons. The molecule has 3 rings (SSSR count). The van der Waals surface area contributed by atoms with Crippen LogP contribution in [-0.2, 0) is 24.8 Å². The van der Waals surface area contributed by atoms with E-state index < -0.39 is 32.5 Å². The predicted octanol–water partition coefficient (Wildman–Crippen LogP) is 2.93. The molecule has 0 saturated carbocycles. The lowest BCUT2D eigenvalue weighted by molar-refractivity contribution is -0.114. The number of amides is 1. The van der Waals surface area contributed by atoms with Gasteiger partial charge >= 0.3 is 0 Å². The Morgan fingerprint density at radius 2 is 1.47 bits per heavy atom. The molecule has 0 spiro atoms. The number of carbonyl (C=O) groups excluding carboxylic acids is 1. The number of methoxy groups -OCH3 is 2. The summed E-state index contributed by atoms with van der Waals surface area (Å²) >= 11 is 0. The van der Waals surface area contributed by atoms with Gasteiger partial charge in [0.1, 0.15) is 6.54 Å². The number of benzene rings is 3. The molecule has 0 aliphatic carbocycles. The number of rotatable bonds is 10. The van der Waals surface area contributed by atoms with Crippen molar-refractivity contribution in [2.45, 2.75) is 4.90 Å². The van der Waals surface area contributed by atoms with Gasteiger partial charge in [0.15, 0.2) is 11.5 Å². The second-order valence-electron chi connectivity index (χ2n) is 7.69. The zero-order valence-corrected chi connectivity index (χ0v) is 21.8. The highest BCUT2D eigenvalue weighted by molar-refractivity contribution is 7.93. The van der Waals surface area contributed by atoms with Crippen LogP contribution in [0.2, 0.25) is 0 Å². The first kappa shape index (κ1) is 26.8. The summed E-state index contributed by atoms with van der Waals surface area (Å²) in [6.45, 7) is -0.535. The van der Waals surface area contributed by atoms with Crippen LogP contribution in [-0.4, -0.2) is 56.8 Å². The minimum Gasteiger partial charge on any atom is -0.493 e. The largest absolute Gasteiger partial charge is 0.493 e. The Kier molecular flexibility index (Phi) is 8.10. The summed E-state index contributed by atoms with van der Waals surface area (Å²) < 4.78 is 63.4. The second kappa shape index (κ2) is 10.9. The van der Waals surface area contributed by atoms with Gasteiger partial charge in [0.05, 0.1) is 36.7 Å². The highest BCUT2D eigenvalue weighted by Crippen LogP contribution is 2.32. The fraction of sp³-hybridized carbons (Fsp3) is 0.208. The Bertz CT molecular complexity index is 1440. The molecule has 3 aromatic rings. The van der Waals surface area contributed by atoms with Crippen molar-refractivity contribution in [3.05, 3.63) is 72.8 Å².